The van der Waals surface area contributed by atoms with Gasteiger partial charge in [0, 0.05) is 30.4 Å². The largest absolute Gasteiger partial charge is 0.398 e. The van der Waals surface area contributed by atoms with Crippen LogP contribution in [0.25, 0.3) is 10.9 Å². The van der Waals surface area contributed by atoms with Gasteiger partial charge in [-0.05, 0) is 30.2 Å². The summed E-state index contributed by atoms with van der Waals surface area (Å²) < 4.78 is 0. The van der Waals surface area contributed by atoms with Gasteiger partial charge >= 0.3 is 0 Å². The van der Waals surface area contributed by atoms with Crippen molar-refractivity contribution in [3.63, 3.8) is 0 Å². The van der Waals surface area contributed by atoms with Crippen molar-refractivity contribution in [2.75, 3.05) is 24.2 Å². The van der Waals surface area contributed by atoms with E-state index in [0.29, 0.717) is 6.54 Å². The molecule has 4 heteroatoms. The molecule has 1 unspecified atom stereocenters. The number of aliphatic hydroxyl groups excluding tert-OH is 1. The lowest BCUT2D eigenvalue weighted by Gasteiger charge is -2.13. The van der Waals surface area contributed by atoms with Crippen LogP contribution in [0.15, 0.2) is 30.5 Å². The van der Waals surface area contributed by atoms with Crippen LogP contribution >= 0.6 is 0 Å². The maximum atomic E-state index is 8.99. The molecule has 0 saturated heterocycles. The summed E-state index contributed by atoms with van der Waals surface area (Å²) in [6, 6.07) is 7.63. The number of aliphatic hydroxyl groups is 1. The Morgan fingerprint density at radius 1 is 1.41 bits per heavy atom. The second kappa shape index (κ2) is 5.01. The summed E-state index contributed by atoms with van der Waals surface area (Å²) >= 11 is 0. The van der Waals surface area contributed by atoms with Crippen LogP contribution in [0.2, 0.25) is 0 Å². The van der Waals surface area contributed by atoms with Gasteiger partial charge in [-0.25, -0.2) is 0 Å². The topological polar surface area (TPSA) is 71.2 Å². The predicted molar refractivity (Wildman–Crippen MR) is 70.9 cm³/mol. The maximum Gasteiger partial charge on any atom is 0.0953 e. The van der Waals surface area contributed by atoms with E-state index in [-0.39, 0.29) is 12.5 Å². The molecule has 0 aliphatic rings. The van der Waals surface area contributed by atoms with Gasteiger partial charge in [0.2, 0.25) is 0 Å². The molecule has 2 rings (SSSR count). The van der Waals surface area contributed by atoms with E-state index in [9.17, 15) is 0 Å². The van der Waals surface area contributed by atoms with Gasteiger partial charge in [0.05, 0.1) is 11.2 Å². The number of pyridine rings is 1. The molecule has 1 aromatic carbocycles. The second-order valence-corrected chi connectivity index (χ2v) is 4.27. The van der Waals surface area contributed by atoms with E-state index in [1.54, 1.807) is 6.20 Å². The summed E-state index contributed by atoms with van der Waals surface area (Å²) in [6.45, 7) is 2.87. The molecule has 0 spiro atoms. The molecule has 17 heavy (non-hydrogen) atoms. The molecule has 4 nitrogen and oxygen atoms in total. The number of aromatic nitrogens is 1. The molecular formula is C13H17N3O. The van der Waals surface area contributed by atoms with Gasteiger partial charge in [-0.15, -0.1) is 0 Å². The average molecular weight is 231 g/mol. The molecule has 90 valence electrons. The normalized spacial score (nSPS) is 12.6. The van der Waals surface area contributed by atoms with E-state index in [2.05, 4.69) is 10.3 Å². The summed E-state index contributed by atoms with van der Waals surface area (Å²) in [5.41, 5.74) is 8.46. The fourth-order valence-corrected chi connectivity index (χ4v) is 1.69. The first-order valence-electron chi connectivity index (χ1n) is 5.70. The van der Waals surface area contributed by atoms with Crippen molar-refractivity contribution in [1.82, 2.24) is 4.98 Å². The molecule has 0 aliphatic heterocycles. The smallest absolute Gasteiger partial charge is 0.0953 e. The quantitative estimate of drug-likeness (QED) is 0.702. The molecule has 0 amide bonds. The minimum atomic E-state index is 0.174. The fourth-order valence-electron chi connectivity index (χ4n) is 1.69. The maximum absolute atomic E-state index is 8.99. The highest BCUT2D eigenvalue weighted by atomic mass is 16.3. The van der Waals surface area contributed by atoms with E-state index in [4.69, 9.17) is 10.8 Å². The number of nitrogens with two attached hydrogens (primary N) is 1. The highest BCUT2D eigenvalue weighted by Crippen LogP contribution is 2.26. The third kappa shape index (κ3) is 2.47. The molecule has 1 heterocycles. The SMILES string of the molecule is CC(CO)CNc1ccc(N)c2cccnc12. The van der Waals surface area contributed by atoms with Crippen LogP contribution in [0.4, 0.5) is 11.4 Å². The number of benzene rings is 1. The van der Waals surface area contributed by atoms with E-state index < -0.39 is 0 Å². The highest BCUT2D eigenvalue weighted by Gasteiger charge is 2.06. The Balaban J connectivity index is 2.32. The van der Waals surface area contributed by atoms with E-state index in [1.165, 1.54) is 0 Å². The molecule has 2 aromatic rings. The van der Waals surface area contributed by atoms with Crippen molar-refractivity contribution in [2.24, 2.45) is 5.92 Å². The van der Waals surface area contributed by atoms with E-state index >= 15 is 0 Å². The van der Waals surface area contributed by atoms with E-state index in [1.807, 2.05) is 31.2 Å². The molecule has 4 N–H and O–H groups in total. The number of anilines is 2. The van der Waals surface area contributed by atoms with Crippen molar-refractivity contribution < 1.29 is 5.11 Å². The van der Waals surface area contributed by atoms with Gasteiger partial charge in [0.25, 0.3) is 0 Å². The summed E-state index contributed by atoms with van der Waals surface area (Å²) in [5.74, 6) is 0.214. The van der Waals surface area contributed by atoms with Crippen LogP contribution < -0.4 is 11.1 Å². The zero-order valence-corrected chi connectivity index (χ0v) is 9.85. The van der Waals surface area contributed by atoms with Crippen LogP contribution in [0, 0.1) is 5.92 Å². The predicted octanol–water partition coefficient (Wildman–Crippen LogP) is 1.86. The van der Waals surface area contributed by atoms with Crippen molar-refractivity contribution >= 4 is 22.3 Å². The Labute approximate surface area is 100 Å². The molecule has 1 aromatic heterocycles. The minimum Gasteiger partial charge on any atom is -0.398 e. The van der Waals surface area contributed by atoms with Crippen molar-refractivity contribution in [3.05, 3.63) is 30.5 Å². The lowest BCUT2D eigenvalue weighted by Crippen LogP contribution is -2.14. The van der Waals surface area contributed by atoms with Gasteiger partial charge in [-0.1, -0.05) is 6.92 Å². The van der Waals surface area contributed by atoms with Gasteiger partial charge < -0.3 is 16.2 Å². The summed E-state index contributed by atoms with van der Waals surface area (Å²) in [6.07, 6.45) is 1.75. The summed E-state index contributed by atoms with van der Waals surface area (Å²) in [4.78, 5) is 4.34. The molecule has 0 aliphatic carbocycles. The molecule has 0 fully saturated rings. The molecule has 0 radical (unpaired) electrons. The fraction of sp³-hybridized carbons (Fsp3) is 0.308. The Bertz CT molecular complexity index is 513. The van der Waals surface area contributed by atoms with Gasteiger partial charge in [-0.3, -0.25) is 4.98 Å². The zero-order chi connectivity index (χ0) is 12.3. The van der Waals surface area contributed by atoms with Gasteiger partial charge in [-0.2, -0.15) is 0 Å². The Morgan fingerprint density at radius 2 is 2.24 bits per heavy atom. The lowest BCUT2D eigenvalue weighted by molar-refractivity contribution is 0.244. The monoisotopic (exact) mass is 231 g/mol. The van der Waals surface area contributed by atoms with Crippen molar-refractivity contribution in [2.45, 2.75) is 6.92 Å². The van der Waals surface area contributed by atoms with Crippen LogP contribution in [0.5, 0.6) is 0 Å². The van der Waals surface area contributed by atoms with E-state index in [0.717, 1.165) is 22.3 Å². The highest BCUT2D eigenvalue weighted by molar-refractivity contribution is 5.98. The summed E-state index contributed by atoms with van der Waals surface area (Å²) in [5, 5.41) is 13.2. The number of fused-ring (bicyclic) bond motifs is 1. The molecule has 1 atom stereocenters. The molecular weight excluding hydrogens is 214 g/mol. The average Bonchev–Trinajstić information content (AvgIpc) is 2.38. The van der Waals surface area contributed by atoms with Crippen LogP contribution in [0.1, 0.15) is 6.92 Å². The minimum absolute atomic E-state index is 0.174. The number of nitrogen functional groups attached to an aromatic ring is 1. The number of hydrogen-bond donors (Lipinski definition) is 3. The molecule has 0 bridgehead atoms. The summed E-state index contributed by atoms with van der Waals surface area (Å²) in [7, 11) is 0. The van der Waals surface area contributed by atoms with Crippen molar-refractivity contribution in [3.8, 4) is 0 Å². The standard InChI is InChI=1S/C13H17N3O/c1-9(8-17)7-16-12-5-4-11(14)10-3-2-6-15-13(10)12/h2-6,9,16-17H,7-8,14H2,1H3. The zero-order valence-electron chi connectivity index (χ0n) is 9.85. The van der Waals surface area contributed by atoms with Crippen LogP contribution in [-0.4, -0.2) is 23.2 Å². The Kier molecular flexibility index (Phi) is 3.44. The van der Waals surface area contributed by atoms with Gasteiger partial charge in [0.1, 0.15) is 0 Å². The number of rotatable bonds is 4. The second-order valence-electron chi connectivity index (χ2n) is 4.27. The molecule has 0 saturated carbocycles. The van der Waals surface area contributed by atoms with Crippen molar-refractivity contribution in [1.29, 1.82) is 0 Å². The number of nitrogens with one attached hydrogen (secondary N) is 1. The van der Waals surface area contributed by atoms with Gasteiger partial charge in [0.15, 0.2) is 0 Å². The first-order valence-corrected chi connectivity index (χ1v) is 5.70. The Hall–Kier alpha value is -1.81. The third-order valence-electron chi connectivity index (χ3n) is 2.76. The van der Waals surface area contributed by atoms with Crippen LogP contribution in [0.3, 0.4) is 0 Å². The number of nitrogens with zero attached hydrogens (tertiary/aromatic N) is 1. The first kappa shape index (κ1) is 11.7. The Morgan fingerprint density at radius 3 is 3.00 bits per heavy atom. The third-order valence-corrected chi connectivity index (χ3v) is 2.76. The lowest BCUT2D eigenvalue weighted by atomic mass is 10.1. The van der Waals surface area contributed by atoms with Crippen LogP contribution in [-0.2, 0) is 0 Å². The number of hydrogen-bond acceptors (Lipinski definition) is 4. The first-order chi connectivity index (χ1) is 8.22.